The lowest BCUT2D eigenvalue weighted by Crippen LogP contribution is -2.22. The molecule has 0 radical (unpaired) electrons. The van der Waals surface area contributed by atoms with E-state index in [4.69, 9.17) is 0 Å². The number of carbonyl (C=O) groups is 1. The lowest BCUT2D eigenvalue weighted by molar-refractivity contribution is -0.255. The van der Waals surface area contributed by atoms with Gasteiger partial charge in [-0.15, -0.1) is 0 Å². The highest BCUT2D eigenvalue weighted by Gasteiger charge is 1.97. The molecule has 72 valence electrons. The Kier molecular flexibility index (Phi) is 3.30. The minimum atomic E-state index is -1.16. The van der Waals surface area contributed by atoms with Crippen LogP contribution in [0.3, 0.4) is 0 Å². The van der Waals surface area contributed by atoms with E-state index in [2.05, 4.69) is 11.8 Å². The highest BCUT2D eigenvalue weighted by Crippen LogP contribution is 2.09. The maximum Gasteiger partial charge on any atom is 0.0715 e. The lowest BCUT2D eigenvalue weighted by Gasteiger charge is -2.04. The van der Waals surface area contributed by atoms with Crippen LogP contribution in [0.5, 0.6) is 0 Å². The highest BCUT2D eigenvalue weighted by atomic mass is 16.4. The van der Waals surface area contributed by atoms with E-state index in [1.54, 1.807) is 12.1 Å². The molecule has 0 aliphatic heterocycles. The summed E-state index contributed by atoms with van der Waals surface area (Å²) in [5, 5.41) is 10.6. The fourth-order valence-electron chi connectivity index (χ4n) is 1.07. The molecule has 0 amide bonds. The molecule has 0 aliphatic carbocycles. The summed E-state index contributed by atoms with van der Waals surface area (Å²) in [7, 11) is 0. The first-order valence-electron chi connectivity index (χ1n) is 4.46. The van der Waals surface area contributed by atoms with Crippen LogP contribution in [0.4, 0.5) is 0 Å². The number of benzene rings is 1. The van der Waals surface area contributed by atoms with E-state index in [0.29, 0.717) is 0 Å². The molecule has 0 aliphatic rings. The second-order valence-corrected chi connectivity index (χ2v) is 2.97. The number of hydrogen-bond acceptors (Lipinski definition) is 2. The van der Waals surface area contributed by atoms with Crippen LogP contribution in [0.25, 0.3) is 0 Å². The molecule has 2 heteroatoms. The summed E-state index contributed by atoms with van der Waals surface area (Å²) in [6.07, 6.45) is 0.759. The fourth-order valence-corrected chi connectivity index (χ4v) is 1.07. The number of carbonyl (C=O) groups excluding carboxylic acids is 1. The molecule has 2 nitrogen and oxygen atoms in total. The minimum Gasteiger partial charge on any atom is -0.545 e. The zero-order valence-corrected chi connectivity index (χ0v) is 8.26. The van der Waals surface area contributed by atoms with Crippen LogP contribution in [0.15, 0.2) is 18.2 Å². The minimum absolute atomic E-state index is 0.177. The van der Waals surface area contributed by atoms with Gasteiger partial charge in [0.1, 0.15) is 0 Å². The fraction of sp³-hybridized carbons (Fsp3) is 0.250. The summed E-state index contributed by atoms with van der Waals surface area (Å²) < 4.78 is 0. The van der Waals surface area contributed by atoms with Gasteiger partial charge in [-0.05, 0) is 24.1 Å². The van der Waals surface area contributed by atoms with E-state index in [-0.39, 0.29) is 5.56 Å². The van der Waals surface area contributed by atoms with Gasteiger partial charge in [0, 0.05) is 12.0 Å². The van der Waals surface area contributed by atoms with Crippen molar-refractivity contribution in [1.29, 1.82) is 0 Å². The maximum absolute atomic E-state index is 10.6. The normalized spacial score (nSPS) is 9.00. The zero-order chi connectivity index (χ0) is 10.6. The van der Waals surface area contributed by atoms with E-state index in [1.807, 2.05) is 13.8 Å². The van der Waals surface area contributed by atoms with Crippen LogP contribution in [-0.4, -0.2) is 5.97 Å². The van der Waals surface area contributed by atoms with Gasteiger partial charge in [0.25, 0.3) is 0 Å². The molecule has 0 aromatic heterocycles. The van der Waals surface area contributed by atoms with E-state index < -0.39 is 5.97 Å². The maximum atomic E-state index is 10.6. The summed E-state index contributed by atoms with van der Waals surface area (Å²) in [5.41, 5.74) is 1.92. The molecule has 0 heterocycles. The Bertz CT molecular complexity index is 408. The van der Waals surface area contributed by atoms with Gasteiger partial charge in [0.05, 0.1) is 5.97 Å². The first-order chi connectivity index (χ1) is 6.65. The molecule has 0 N–H and O–H groups in total. The number of aryl methyl sites for hydroxylation is 1. The van der Waals surface area contributed by atoms with Gasteiger partial charge in [-0.1, -0.05) is 30.9 Å². The van der Waals surface area contributed by atoms with Crippen LogP contribution in [0.2, 0.25) is 0 Å². The average molecular weight is 187 g/mol. The first-order valence-corrected chi connectivity index (χ1v) is 4.46. The Morgan fingerprint density at radius 1 is 1.50 bits per heavy atom. The number of carboxylic acid groups (broad SMARTS) is 1. The van der Waals surface area contributed by atoms with Crippen molar-refractivity contribution in [2.24, 2.45) is 0 Å². The summed E-state index contributed by atoms with van der Waals surface area (Å²) >= 11 is 0. The van der Waals surface area contributed by atoms with Crippen molar-refractivity contribution >= 4 is 5.97 Å². The second-order valence-electron chi connectivity index (χ2n) is 2.97. The van der Waals surface area contributed by atoms with Crippen molar-refractivity contribution in [3.05, 3.63) is 34.9 Å². The Hall–Kier alpha value is -1.75. The Morgan fingerprint density at radius 2 is 2.21 bits per heavy atom. The van der Waals surface area contributed by atoms with Gasteiger partial charge in [0.2, 0.25) is 0 Å². The third-order valence-electron chi connectivity index (χ3n) is 1.87. The Morgan fingerprint density at radius 3 is 2.79 bits per heavy atom. The van der Waals surface area contributed by atoms with E-state index >= 15 is 0 Å². The van der Waals surface area contributed by atoms with Crippen LogP contribution in [-0.2, 0) is 0 Å². The molecule has 0 spiro atoms. The molecule has 0 saturated carbocycles. The molecule has 0 bridgehead atoms. The standard InChI is InChI=1S/C12H12O2/c1-3-4-5-10-8-11(12(13)14)7-6-9(10)2/h6-8H,3H2,1-2H3,(H,13,14)/p-1. The van der Waals surface area contributed by atoms with Gasteiger partial charge >= 0.3 is 0 Å². The van der Waals surface area contributed by atoms with E-state index in [1.165, 1.54) is 6.07 Å². The van der Waals surface area contributed by atoms with Crippen molar-refractivity contribution in [2.45, 2.75) is 20.3 Å². The zero-order valence-electron chi connectivity index (χ0n) is 8.26. The third kappa shape index (κ3) is 2.37. The number of aromatic carboxylic acids is 1. The summed E-state index contributed by atoms with van der Waals surface area (Å²) in [6.45, 7) is 3.85. The predicted molar refractivity (Wildman–Crippen MR) is 52.7 cm³/mol. The molecule has 1 rings (SSSR count). The molecule has 1 aromatic carbocycles. The Balaban J connectivity index is 3.14. The summed E-state index contributed by atoms with van der Waals surface area (Å²) in [5.74, 6) is 4.66. The quantitative estimate of drug-likeness (QED) is 0.618. The van der Waals surface area contributed by atoms with E-state index in [0.717, 1.165) is 17.5 Å². The summed E-state index contributed by atoms with van der Waals surface area (Å²) in [6, 6.07) is 4.82. The van der Waals surface area contributed by atoms with Crippen LogP contribution >= 0.6 is 0 Å². The van der Waals surface area contributed by atoms with Crippen molar-refractivity contribution < 1.29 is 9.90 Å². The SMILES string of the molecule is CCC#Cc1cc(C(=O)[O-])ccc1C. The topological polar surface area (TPSA) is 40.1 Å². The van der Waals surface area contributed by atoms with Crippen LogP contribution in [0.1, 0.15) is 34.8 Å². The van der Waals surface area contributed by atoms with Crippen molar-refractivity contribution in [2.75, 3.05) is 0 Å². The summed E-state index contributed by atoms with van der Waals surface area (Å²) in [4.78, 5) is 10.6. The molecule has 1 aromatic rings. The molecule has 0 fully saturated rings. The largest absolute Gasteiger partial charge is 0.545 e. The molecule has 0 atom stereocenters. The third-order valence-corrected chi connectivity index (χ3v) is 1.87. The van der Waals surface area contributed by atoms with Gasteiger partial charge in [-0.25, -0.2) is 0 Å². The number of hydrogen-bond donors (Lipinski definition) is 0. The predicted octanol–water partition coefficient (Wildman–Crippen LogP) is 1.12. The number of carboxylic acids is 1. The smallest absolute Gasteiger partial charge is 0.0715 e. The second kappa shape index (κ2) is 4.48. The number of rotatable bonds is 1. The van der Waals surface area contributed by atoms with Gasteiger partial charge in [-0.3, -0.25) is 0 Å². The monoisotopic (exact) mass is 187 g/mol. The highest BCUT2D eigenvalue weighted by molar-refractivity contribution is 5.86. The molecule has 14 heavy (non-hydrogen) atoms. The molecular weight excluding hydrogens is 176 g/mol. The van der Waals surface area contributed by atoms with Gasteiger partial charge < -0.3 is 9.90 Å². The molecule has 0 unspecified atom stereocenters. The van der Waals surface area contributed by atoms with Crippen molar-refractivity contribution in [3.63, 3.8) is 0 Å². The molecule has 0 saturated heterocycles. The van der Waals surface area contributed by atoms with Crippen molar-refractivity contribution in [3.8, 4) is 11.8 Å². The van der Waals surface area contributed by atoms with Gasteiger partial charge in [0.15, 0.2) is 0 Å². The molecular formula is C12H11O2-. The average Bonchev–Trinajstić information content (AvgIpc) is 2.16. The first kappa shape index (κ1) is 10.3. The van der Waals surface area contributed by atoms with Gasteiger partial charge in [-0.2, -0.15) is 0 Å². The van der Waals surface area contributed by atoms with Crippen molar-refractivity contribution in [1.82, 2.24) is 0 Å². The van der Waals surface area contributed by atoms with Crippen LogP contribution < -0.4 is 5.11 Å². The van der Waals surface area contributed by atoms with Crippen LogP contribution in [0, 0.1) is 18.8 Å². The Labute approximate surface area is 83.6 Å². The van der Waals surface area contributed by atoms with E-state index in [9.17, 15) is 9.90 Å². The lowest BCUT2D eigenvalue weighted by atomic mass is 10.1.